The van der Waals surface area contributed by atoms with Crippen LogP contribution in [0.2, 0.25) is 0 Å². The molecule has 0 aliphatic carbocycles. The van der Waals surface area contributed by atoms with Crippen LogP contribution in [-0.4, -0.2) is 25.9 Å². The largest absolute Gasteiger partial charge is 0.491 e. The van der Waals surface area contributed by atoms with Gasteiger partial charge < -0.3 is 4.74 Å². The van der Waals surface area contributed by atoms with E-state index in [1.165, 1.54) is 4.91 Å². The molecule has 114 valence electrons. The highest BCUT2D eigenvalue weighted by Gasteiger charge is 2.19. The van der Waals surface area contributed by atoms with Crippen molar-refractivity contribution in [1.29, 1.82) is 0 Å². The maximum Gasteiger partial charge on any atom is 0.195 e. The number of ether oxygens (including phenoxy) is 1. The zero-order valence-electron chi connectivity index (χ0n) is 11.5. The Balaban J connectivity index is 1.72. The van der Waals surface area contributed by atoms with Crippen molar-refractivity contribution in [1.82, 2.24) is 9.38 Å². The number of alkyl halides is 2. The molecule has 0 N–H and O–H groups in total. The van der Waals surface area contributed by atoms with Gasteiger partial charge in [-0.05, 0) is 24.6 Å². The summed E-state index contributed by atoms with van der Waals surface area (Å²) in [6, 6.07) is 5.85. The Hall–Kier alpha value is -0.800. The summed E-state index contributed by atoms with van der Waals surface area (Å²) in [5.74, 6) is 0.705. The number of thioether (sulfide) groups is 1. The molecular weight excluding hydrogens is 434 g/mol. The molecule has 0 spiro atoms. The number of allylic oxidation sites excluding steroid dienone is 1. The highest BCUT2D eigenvalue weighted by molar-refractivity contribution is 14.1. The van der Waals surface area contributed by atoms with Crippen LogP contribution >= 0.6 is 45.7 Å². The van der Waals surface area contributed by atoms with Crippen molar-refractivity contribution in [3.05, 3.63) is 36.2 Å². The molecular formula is C15H12FIN2OS2. The van der Waals surface area contributed by atoms with Crippen molar-refractivity contribution in [3.8, 4) is 5.75 Å². The van der Waals surface area contributed by atoms with Gasteiger partial charge in [-0.3, -0.25) is 4.40 Å². The summed E-state index contributed by atoms with van der Waals surface area (Å²) in [5, 5.41) is 0. The quantitative estimate of drug-likeness (QED) is 0.411. The lowest BCUT2D eigenvalue weighted by molar-refractivity contribution is 0.273. The Kier molecular flexibility index (Phi) is 4.04. The minimum atomic E-state index is -0.472. The molecule has 1 aliphatic rings. The van der Waals surface area contributed by atoms with Crippen LogP contribution < -0.4 is 4.74 Å². The van der Waals surface area contributed by atoms with E-state index < -0.39 is 6.67 Å². The fourth-order valence-corrected chi connectivity index (χ4v) is 5.44. The molecule has 4 rings (SSSR count). The van der Waals surface area contributed by atoms with E-state index in [0.717, 1.165) is 27.3 Å². The predicted molar refractivity (Wildman–Crippen MR) is 100 cm³/mol. The van der Waals surface area contributed by atoms with Crippen molar-refractivity contribution in [2.45, 2.75) is 9.68 Å². The second kappa shape index (κ2) is 6.01. The van der Waals surface area contributed by atoms with Crippen LogP contribution in [0.5, 0.6) is 5.75 Å². The van der Waals surface area contributed by atoms with Crippen molar-refractivity contribution in [2.75, 3.05) is 13.3 Å². The molecule has 1 aliphatic heterocycles. The van der Waals surface area contributed by atoms with E-state index >= 15 is 0 Å². The minimum absolute atomic E-state index is 0.0982. The summed E-state index contributed by atoms with van der Waals surface area (Å²) in [6.07, 6.45) is 5.46. The van der Waals surface area contributed by atoms with Gasteiger partial charge in [0.05, 0.1) is 19.2 Å². The summed E-state index contributed by atoms with van der Waals surface area (Å²) in [5.41, 5.74) is 2.16. The first-order valence-electron chi connectivity index (χ1n) is 6.86. The third-order valence-electron chi connectivity index (χ3n) is 3.41. The van der Waals surface area contributed by atoms with Crippen LogP contribution in [0.15, 0.2) is 30.5 Å². The third kappa shape index (κ3) is 2.63. The molecule has 0 saturated carbocycles. The van der Waals surface area contributed by atoms with Crippen molar-refractivity contribution >= 4 is 65.8 Å². The zero-order valence-corrected chi connectivity index (χ0v) is 15.3. The van der Waals surface area contributed by atoms with Crippen LogP contribution in [0.4, 0.5) is 4.39 Å². The van der Waals surface area contributed by atoms with E-state index in [9.17, 15) is 4.39 Å². The molecule has 3 heterocycles. The highest BCUT2D eigenvalue weighted by Crippen LogP contribution is 2.42. The molecule has 1 aromatic carbocycles. The van der Waals surface area contributed by atoms with Gasteiger partial charge in [-0.25, -0.2) is 9.37 Å². The first-order valence-corrected chi connectivity index (χ1v) is 9.80. The summed E-state index contributed by atoms with van der Waals surface area (Å²) >= 11 is 5.96. The fraction of sp³-hybridized carbons (Fsp3) is 0.267. The molecule has 1 atom stereocenters. The molecule has 0 amide bonds. The topological polar surface area (TPSA) is 26.5 Å². The lowest BCUT2D eigenvalue weighted by atomic mass is 10.3. The number of nitrogens with zero attached hydrogens (tertiary/aromatic N) is 2. The van der Waals surface area contributed by atoms with E-state index in [1.54, 1.807) is 11.3 Å². The standard InChI is InChI=1S/C15H12FIN2OS2/c16-5-6-20-9-1-2-11-13(7-9)22-15-18-10(8-19(11)15)12-3-4-14(17)21-12/h1-3,7-8,14H,4-6H2. The predicted octanol–water partition coefficient (Wildman–Crippen LogP) is 5.14. The molecule has 2 aromatic heterocycles. The van der Waals surface area contributed by atoms with Crippen LogP contribution in [0, 0.1) is 0 Å². The van der Waals surface area contributed by atoms with Gasteiger partial charge in [0.25, 0.3) is 0 Å². The summed E-state index contributed by atoms with van der Waals surface area (Å²) in [6.45, 7) is -0.374. The number of halogens is 2. The Labute approximate surface area is 148 Å². The number of benzene rings is 1. The average molecular weight is 446 g/mol. The molecule has 0 bridgehead atoms. The molecule has 0 radical (unpaired) electrons. The highest BCUT2D eigenvalue weighted by atomic mass is 127. The van der Waals surface area contributed by atoms with Crippen LogP contribution in [-0.2, 0) is 0 Å². The SMILES string of the molecule is FCCOc1ccc2c(c1)sc1nc(C3=CCC(I)S3)cn12. The lowest BCUT2D eigenvalue weighted by Crippen LogP contribution is -1.98. The second-order valence-corrected chi connectivity index (χ2v) is 9.48. The van der Waals surface area contributed by atoms with E-state index in [0.29, 0.717) is 9.01 Å². The van der Waals surface area contributed by atoms with Gasteiger partial charge in [0.15, 0.2) is 4.96 Å². The summed E-state index contributed by atoms with van der Waals surface area (Å²) < 4.78 is 21.4. The number of fused-ring (bicyclic) bond motifs is 3. The molecule has 0 fully saturated rings. The van der Waals surface area contributed by atoms with E-state index in [4.69, 9.17) is 9.72 Å². The summed E-state index contributed by atoms with van der Waals surface area (Å²) in [7, 11) is 0. The van der Waals surface area contributed by atoms with Gasteiger partial charge in [-0.15, -0.1) is 11.8 Å². The first-order chi connectivity index (χ1) is 10.7. The van der Waals surface area contributed by atoms with E-state index in [2.05, 4.69) is 39.3 Å². The van der Waals surface area contributed by atoms with Gasteiger partial charge in [-0.2, -0.15) is 0 Å². The third-order valence-corrected chi connectivity index (χ3v) is 6.77. The van der Waals surface area contributed by atoms with E-state index in [1.807, 2.05) is 30.0 Å². The smallest absolute Gasteiger partial charge is 0.195 e. The first kappa shape index (κ1) is 14.8. The monoisotopic (exact) mass is 446 g/mol. The molecule has 3 nitrogen and oxygen atoms in total. The maximum atomic E-state index is 12.2. The van der Waals surface area contributed by atoms with E-state index in [-0.39, 0.29) is 6.61 Å². The Morgan fingerprint density at radius 3 is 3.14 bits per heavy atom. The average Bonchev–Trinajstić information content (AvgIpc) is 3.18. The fourth-order valence-electron chi connectivity index (χ4n) is 2.44. The molecule has 1 unspecified atom stereocenters. The summed E-state index contributed by atoms with van der Waals surface area (Å²) in [4.78, 5) is 6.99. The van der Waals surface area contributed by atoms with Crippen molar-refractivity contribution in [2.24, 2.45) is 0 Å². The van der Waals surface area contributed by atoms with Gasteiger partial charge in [-0.1, -0.05) is 40.0 Å². The number of imidazole rings is 1. The molecule has 0 saturated heterocycles. The molecule has 3 aromatic rings. The number of hydrogen-bond acceptors (Lipinski definition) is 4. The zero-order chi connectivity index (χ0) is 15.1. The molecule has 7 heteroatoms. The second-order valence-electron chi connectivity index (χ2n) is 4.88. The maximum absolute atomic E-state index is 12.2. The number of thiazole rings is 1. The number of rotatable bonds is 4. The van der Waals surface area contributed by atoms with Crippen LogP contribution in [0.1, 0.15) is 12.1 Å². The Morgan fingerprint density at radius 1 is 1.45 bits per heavy atom. The van der Waals surface area contributed by atoms with Gasteiger partial charge >= 0.3 is 0 Å². The number of hydrogen-bond donors (Lipinski definition) is 0. The van der Waals surface area contributed by atoms with Gasteiger partial charge in [0.2, 0.25) is 0 Å². The normalized spacial score (nSPS) is 18.3. The van der Waals surface area contributed by atoms with Crippen LogP contribution in [0.3, 0.4) is 0 Å². The van der Waals surface area contributed by atoms with Gasteiger partial charge in [0, 0.05) is 11.1 Å². The lowest BCUT2D eigenvalue weighted by Gasteiger charge is -2.02. The van der Waals surface area contributed by atoms with Gasteiger partial charge in [0.1, 0.15) is 19.0 Å². The van der Waals surface area contributed by atoms with Crippen molar-refractivity contribution in [3.63, 3.8) is 0 Å². The van der Waals surface area contributed by atoms with Crippen molar-refractivity contribution < 1.29 is 9.13 Å². The van der Waals surface area contributed by atoms with Crippen LogP contribution in [0.25, 0.3) is 20.1 Å². The molecule has 22 heavy (non-hydrogen) atoms. The Morgan fingerprint density at radius 2 is 2.36 bits per heavy atom. The Bertz CT molecular complexity index is 873. The minimum Gasteiger partial charge on any atom is -0.491 e. The number of aromatic nitrogens is 2.